The van der Waals surface area contributed by atoms with Crippen molar-refractivity contribution in [3.05, 3.63) is 33.1 Å². The number of hydrogen-bond donors (Lipinski definition) is 1. The molecule has 0 aliphatic carbocycles. The summed E-state index contributed by atoms with van der Waals surface area (Å²) in [5.41, 5.74) is -0.0156. The van der Waals surface area contributed by atoms with Gasteiger partial charge in [-0.2, -0.15) is 0 Å². The molecular weight excluding hydrogens is 261 g/mol. The molecule has 0 bridgehead atoms. The predicted octanol–water partition coefficient (Wildman–Crippen LogP) is 2.50. The Morgan fingerprint density at radius 1 is 1.61 bits per heavy atom. The fourth-order valence-electron chi connectivity index (χ4n) is 2.08. The summed E-state index contributed by atoms with van der Waals surface area (Å²) >= 11 is 5.55. The van der Waals surface area contributed by atoms with Crippen molar-refractivity contribution in [1.29, 1.82) is 0 Å². The van der Waals surface area contributed by atoms with Crippen LogP contribution in [0.4, 0.5) is 15.8 Å². The second-order valence-electron chi connectivity index (χ2n) is 4.43. The summed E-state index contributed by atoms with van der Waals surface area (Å²) in [6, 6.07) is 2.21. The Morgan fingerprint density at radius 3 is 2.89 bits per heavy atom. The normalized spacial score (nSPS) is 20.1. The molecule has 0 aromatic heterocycles. The Balaban J connectivity index is 2.25. The lowest BCUT2D eigenvalue weighted by atomic mass is 10.2. The van der Waals surface area contributed by atoms with Crippen molar-refractivity contribution in [2.24, 2.45) is 0 Å². The number of benzene rings is 1. The Bertz CT molecular complexity index is 484. The number of anilines is 1. The zero-order valence-electron chi connectivity index (χ0n) is 9.82. The Kier molecular flexibility index (Phi) is 3.68. The topological polar surface area (TPSA) is 58.4 Å². The SMILES string of the molecule is CN1CCC(Nc2cc(F)c(Cl)cc2[N+](=O)[O-])C1. The largest absolute Gasteiger partial charge is 0.375 e. The minimum absolute atomic E-state index is 0.0919. The monoisotopic (exact) mass is 273 g/mol. The molecule has 0 radical (unpaired) electrons. The minimum atomic E-state index is -0.656. The summed E-state index contributed by atoms with van der Waals surface area (Å²) in [6.07, 6.45) is 0.873. The van der Waals surface area contributed by atoms with Crippen LogP contribution in [0.25, 0.3) is 0 Å². The molecule has 1 fully saturated rings. The van der Waals surface area contributed by atoms with Crippen molar-refractivity contribution >= 4 is 23.0 Å². The summed E-state index contributed by atoms with van der Waals surface area (Å²) in [6.45, 7) is 1.70. The zero-order chi connectivity index (χ0) is 13.3. The number of rotatable bonds is 3. The first kappa shape index (κ1) is 13.0. The van der Waals surface area contributed by atoms with E-state index in [2.05, 4.69) is 10.2 Å². The quantitative estimate of drug-likeness (QED) is 0.679. The minimum Gasteiger partial charge on any atom is -0.375 e. The van der Waals surface area contributed by atoms with Gasteiger partial charge >= 0.3 is 0 Å². The van der Waals surface area contributed by atoms with Crippen molar-refractivity contribution in [2.75, 3.05) is 25.5 Å². The Morgan fingerprint density at radius 2 is 2.33 bits per heavy atom. The highest BCUT2D eigenvalue weighted by Crippen LogP contribution is 2.31. The van der Waals surface area contributed by atoms with E-state index in [0.717, 1.165) is 31.6 Å². The predicted molar refractivity (Wildman–Crippen MR) is 67.6 cm³/mol. The molecule has 1 heterocycles. The van der Waals surface area contributed by atoms with Crippen LogP contribution in [0.5, 0.6) is 0 Å². The van der Waals surface area contributed by atoms with E-state index in [1.165, 1.54) is 0 Å². The van der Waals surface area contributed by atoms with Crippen molar-refractivity contribution in [1.82, 2.24) is 4.90 Å². The van der Waals surface area contributed by atoms with Crippen LogP contribution < -0.4 is 5.32 Å². The molecule has 5 nitrogen and oxygen atoms in total. The van der Waals surface area contributed by atoms with Crippen LogP contribution in [0, 0.1) is 15.9 Å². The number of nitrogens with one attached hydrogen (secondary N) is 1. The summed E-state index contributed by atoms with van der Waals surface area (Å²) in [7, 11) is 1.97. The van der Waals surface area contributed by atoms with E-state index in [0.29, 0.717) is 0 Å². The van der Waals surface area contributed by atoms with Gasteiger partial charge in [-0.25, -0.2) is 4.39 Å². The number of nitro benzene ring substituents is 1. The van der Waals surface area contributed by atoms with E-state index in [1.54, 1.807) is 0 Å². The van der Waals surface area contributed by atoms with E-state index < -0.39 is 10.7 Å². The lowest BCUT2D eigenvalue weighted by molar-refractivity contribution is -0.384. The third-order valence-corrected chi connectivity index (χ3v) is 3.28. The van der Waals surface area contributed by atoms with Gasteiger partial charge in [0.05, 0.1) is 9.95 Å². The van der Waals surface area contributed by atoms with Crippen LogP contribution in [-0.4, -0.2) is 36.0 Å². The highest BCUT2D eigenvalue weighted by molar-refractivity contribution is 6.31. The van der Waals surface area contributed by atoms with Crippen LogP contribution in [-0.2, 0) is 0 Å². The van der Waals surface area contributed by atoms with Gasteiger partial charge in [-0.15, -0.1) is 0 Å². The maximum absolute atomic E-state index is 13.4. The molecule has 2 rings (SSSR count). The van der Waals surface area contributed by atoms with Crippen molar-refractivity contribution < 1.29 is 9.31 Å². The molecule has 1 unspecified atom stereocenters. The van der Waals surface area contributed by atoms with E-state index in [9.17, 15) is 14.5 Å². The molecule has 0 saturated carbocycles. The molecular formula is C11H13ClFN3O2. The highest BCUT2D eigenvalue weighted by atomic mass is 35.5. The lowest BCUT2D eigenvalue weighted by Gasteiger charge is -2.14. The number of likely N-dealkylation sites (N-methyl/N-ethyl adjacent to an activating group) is 1. The summed E-state index contributed by atoms with van der Waals surface area (Å²) in [4.78, 5) is 12.4. The fourth-order valence-corrected chi connectivity index (χ4v) is 2.23. The average Bonchev–Trinajstić information content (AvgIpc) is 2.68. The fraction of sp³-hybridized carbons (Fsp3) is 0.455. The van der Waals surface area contributed by atoms with Gasteiger partial charge in [-0.1, -0.05) is 11.6 Å². The number of halogens is 2. The first-order chi connectivity index (χ1) is 8.47. The second-order valence-corrected chi connectivity index (χ2v) is 4.84. The van der Waals surface area contributed by atoms with Gasteiger partial charge in [0.15, 0.2) is 0 Å². The number of hydrogen-bond acceptors (Lipinski definition) is 4. The number of nitro groups is 1. The van der Waals surface area contributed by atoms with Crippen molar-refractivity contribution in [3.63, 3.8) is 0 Å². The van der Waals surface area contributed by atoms with Gasteiger partial charge in [0.2, 0.25) is 0 Å². The van der Waals surface area contributed by atoms with Crippen molar-refractivity contribution in [2.45, 2.75) is 12.5 Å². The van der Waals surface area contributed by atoms with Gasteiger partial charge < -0.3 is 10.2 Å². The van der Waals surface area contributed by atoms with E-state index in [1.807, 2.05) is 7.05 Å². The zero-order valence-corrected chi connectivity index (χ0v) is 10.6. The van der Waals surface area contributed by atoms with Gasteiger partial charge in [0, 0.05) is 24.7 Å². The Hall–Kier alpha value is -1.40. The van der Waals surface area contributed by atoms with Gasteiger partial charge in [0.25, 0.3) is 5.69 Å². The first-order valence-electron chi connectivity index (χ1n) is 5.56. The highest BCUT2D eigenvalue weighted by Gasteiger charge is 2.24. The van der Waals surface area contributed by atoms with E-state index >= 15 is 0 Å². The standard InChI is InChI=1S/C11H13ClFN3O2/c1-15-3-2-7(6-15)14-10-5-9(13)8(12)4-11(10)16(17)18/h4-5,7,14H,2-3,6H2,1H3. The number of likely N-dealkylation sites (tertiary alicyclic amines) is 1. The number of nitrogens with zero attached hydrogens (tertiary/aromatic N) is 2. The molecule has 1 aliphatic heterocycles. The molecule has 0 spiro atoms. The molecule has 1 aromatic rings. The van der Waals surface area contributed by atoms with Crippen molar-refractivity contribution in [3.8, 4) is 0 Å². The van der Waals surface area contributed by atoms with Gasteiger partial charge in [-0.3, -0.25) is 10.1 Å². The van der Waals surface area contributed by atoms with Crippen LogP contribution in [0.2, 0.25) is 5.02 Å². The Labute approximate surface area is 109 Å². The molecule has 1 N–H and O–H groups in total. The first-order valence-corrected chi connectivity index (χ1v) is 5.93. The van der Waals surface area contributed by atoms with Crippen LogP contribution in [0.3, 0.4) is 0 Å². The second kappa shape index (κ2) is 5.07. The molecule has 1 aliphatic rings. The van der Waals surface area contributed by atoms with Crippen LogP contribution >= 0.6 is 11.6 Å². The third kappa shape index (κ3) is 2.70. The maximum atomic E-state index is 13.4. The summed E-state index contributed by atoms with van der Waals surface area (Å²) in [5.74, 6) is -0.656. The third-order valence-electron chi connectivity index (χ3n) is 2.99. The van der Waals surface area contributed by atoms with Gasteiger partial charge in [-0.05, 0) is 20.0 Å². The molecule has 18 heavy (non-hydrogen) atoms. The van der Waals surface area contributed by atoms with Gasteiger partial charge in [0.1, 0.15) is 11.5 Å². The molecule has 7 heteroatoms. The van der Waals surface area contributed by atoms with Crippen LogP contribution in [0.15, 0.2) is 12.1 Å². The van der Waals surface area contributed by atoms with Crippen LogP contribution in [0.1, 0.15) is 6.42 Å². The summed E-state index contributed by atoms with van der Waals surface area (Å²) < 4.78 is 13.4. The molecule has 1 atom stereocenters. The van der Waals surface area contributed by atoms with E-state index in [-0.39, 0.29) is 22.4 Å². The lowest BCUT2D eigenvalue weighted by Crippen LogP contribution is -2.24. The van der Waals surface area contributed by atoms with E-state index in [4.69, 9.17) is 11.6 Å². The molecule has 0 amide bonds. The summed E-state index contributed by atoms with van der Waals surface area (Å²) in [5, 5.41) is 13.7. The maximum Gasteiger partial charge on any atom is 0.294 e. The molecule has 1 saturated heterocycles. The smallest absolute Gasteiger partial charge is 0.294 e. The average molecular weight is 274 g/mol. The molecule has 1 aromatic carbocycles. The molecule has 98 valence electrons.